The van der Waals surface area contributed by atoms with E-state index in [1.807, 2.05) is 31.2 Å². The Morgan fingerprint density at radius 3 is 2.65 bits per heavy atom. The molecule has 0 heterocycles. The van der Waals surface area contributed by atoms with E-state index in [2.05, 4.69) is 5.32 Å². The van der Waals surface area contributed by atoms with E-state index >= 15 is 0 Å². The number of carbonyl (C=O) groups is 1. The number of ether oxygens (including phenoxy) is 1. The molecule has 0 fully saturated rings. The molecule has 1 N–H and O–H groups in total. The molecule has 0 aromatic heterocycles. The van der Waals surface area contributed by atoms with Crippen LogP contribution in [-0.2, 0) is 0 Å². The summed E-state index contributed by atoms with van der Waals surface area (Å²) in [6.07, 6.45) is 0. The van der Waals surface area contributed by atoms with Crippen molar-refractivity contribution < 1.29 is 18.3 Å². The quantitative estimate of drug-likeness (QED) is 0.910. The van der Waals surface area contributed by atoms with Crippen LogP contribution in [0.25, 0.3) is 0 Å². The molecule has 0 saturated heterocycles. The van der Waals surface area contributed by atoms with Gasteiger partial charge in [0.2, 0.25) is 0 Å². The molecule has 2 aromatic carbocycles. The first kappa shape index (κ1) is 16.7. The lowest BCUT2D eigenvalue weighted by molar-refractivity contribution is 0.207. The van der Waals surface area contributed by atoms with E-state index in [0.29, 0.717) is 13.2 Å². The Hall–Kier alpha value is -2.63. The van der Waals surface area contributed by atoms with Crippen LogP contribution in [0.3, 0.4) is 0 Å². The molecular weight excluding hydrogens is 302 g/mol. The van der Waals surface area contributed by atoms with Crippen molar-refractivity contribution in [2.45, 2.75) is 6.92 Å². The second kappa shape index (κ2) is 7.58. The maximum absolute atomic E-state index is 13.5. The fourth-order valence-corrected chi connectivity index (χ4v) is 1.91. The molecule has 0 atom stereocenters. The van der Waals surface area contributed by atoms with Crippen molar-refractivity contribution in [3.63, 3.8) is 0 Å². The number of amides is 2. The molecule has 23 heavy (non-hydrogen) atoms. The zero-order valence-corrected chi connectivity index (χ0v) is 13.0. The number of aryl methyl sites for hydroxylation is 1. The highest BCUT2D eigenvalue weighted by atomic mass is 19.1. The van der Waals surface area contributed by atoms with E-state index in [9.17, 15) is 13.6 Å². The second-order valence-corrected chi connectivity index (χ2v) is 5.09. The van der Waals surface area contributed by atoms with Crippen molar-refractivity contribution in [3.05, 3.63) is 59.7 Å². The maximum atomic E-state index is 13.5. The minimum absolute atomic E-state index is 0.0666. The van der Waals surface area contributed by atoms with Crippen molar-refractivity contribution in [2.75, 3.05) is 25.5 Å². The monoisotopic (exact) mass is 320 g/mol. The summed E-state index contributed by atoms with van der Waals surface area (Å²) in [5.41, 5.74) is 0.941. The van der Waals surface area contributed by atoms with Crippen LogP contribution < -0.4 is 10.1 Å². The number of hydrogen-bond acceptors (Lipinski definition) is 2. The summed E-state index contributed by atoms with van der Waals surface area (Å²) in [6, 6.07) is 10.1. The summed E-state index contributed by atoms with van der Waals surface area (Å²) >= 11 is 0. The lowest BCUT2D eigenvalue weighted by Gasteiger charge is -2.19. The largest absolute Gasteiger partial charge is 0.491 e. The molecule has 2 aromatic rings. The SMILES string of the molecule is Cc1ccccc1OCCN(C)C(=O)Nc1ccc(F)cc1F. The van der Waals surface area contributed by atoms with Crippen LogP contribution in [0, 0.1) is 18.6 Å². The van der Waals surface area contributed by atoms with Gasteiger partial charge in [-0.1, -0.05) is 18.2 Å². The number of anilines is 1. The minimum Gasteiger partial charge on any atom is -0.491 e. The van der Waals surface area contributed by atoms with Gasteiger partial charge in [-0.25, -0.2) is 13.6 Å². The molecule has 0 aliphatic heterocycles. The van der Waals surface area contributed by atoms with Gasteiger partial charge in [-0.2, -0.15) is 0 Å². The molecule has 122 valence electrons. The number of para-hydroxylation sites is 1. The predicted molar refractivity (Wildman–Crippen MR) is 84.7 cm³/mol. The van der Waals surface area contributed by atoms with Gasteiger partial charge in [0.15, 0.2) is 0 Å². The van der Waals surface area contributed by atoms with Crippen LogP contribution in [-0.4, -0.2) is 31.1 Å². The smallest absolute Gasteiger partial charge is 0.321 e. The van der Waals surface area contributed by atoms with Gasteiger partial charge in [0.25, 0.3) is 0 Å². The van der Waals surface area contributed by atoms with Crippen molar-refractivity contribution in [1.82, 2.24) is 4.90 Å². The summed E-state index contributed by atoms with van der Waals surface area (Å²) in [6.45, 7) is 2.56. The minimum atomic E-state index is -0.817. The third-order valence-electron chi connectivity index (χ3n) is 3.30. The number of carbonyl (C=O) groups excluding carboxylic acids is 1. The molecule has 2 amide bonds. The highest BCUT2D eigenvalue weighted by molar-refractivity contribution is 5.89. The second-order valence-electron chi connectivity index (χ2n) is 5.09. The Balaban J connectivity index is 1.84. The third kappa shape index (κ3) is 4.67. The lowest BCUT2D eigenvalue weighted by Crippen LogP contribution is -2.34. The van der Waals surface area contributed by atoms with E-state index in [-0.39, 0.29) is 5.69 Å². The zero-order chi connectivity index (χ0) is 16.8. The van der Waals surface area contributed by atoms with Gasteiger partial charge in [-0.3, -0.25) is 0 Å². The van der Waals surface area contributed by atoms with Gasteiger partial charge in [-0.05, 0) is 30.7 Å². The van der Waals surface area contributed by atoms with Gasteiger partial charge in [0.05, 0.1) is 12.2 Å². The van der Waals surface area contributed by atoms with Gasteiger partial charge in [-0.15, -0.1) is 0 Å². The summed E-state index contributed by atoms with van der Waals surface area (Å²) in [5, 5.41) is 2.39. The number of likely N-dealkylation sites (N-methyl/N-ethyl adjacent to an activating group) is 1. The fourth-order valence-electron chi connectivity index (χ4n) is 1.91. The molecular formula is C17H18F2N2O2. The van der Waals surface area contributed by atoms with Crippen LogP contribution in [0.2, 0.25) is 0 Å². The number of rotatable bonds is 5. The highest BCUT2D eigenvalue weighted by Gasteiger charge is 2.12. The van der Waals surface area contributed by atoms with E-state index in [1.165, 1.54) is 11.0 Å². The summed E-state index contributed by atoms with van der Waals surface area (Å²) in [7, 11) is 1.57. The molecule has 2 rings (SSSR count). The standard InChI is InChI=1S/C17H18F2N2O2/c1-12-5-3-4-6-16(12)23-10-9-21(2)17(22)20-15-8-7-13(18)11-14(15)19/h3-8,11H,9-10H2,1-2H3,(H,20,22). The summed E-state index contributed by atoms with van der Waals surface area (Å²) in [4.78, 5) is 13.3. The summed E-state index contributed by atoms with van der Waals surface area (Å²) in [5.74, 6) is -0.755. The number of nitrogens with zero attached hydrogens (tertiary/aromatic N) is 1. The van der Waals surface area contributed by atoms with Crippen LogP contribution in [0.15, 0.2) is 42.5 Å². The van der Waals surface area contributed by atoms with E-state index in [0.717, 1.165) is 23.4 Å². The fraction of sp³-hybridized carbons (Fsp3) is 0.235. The Kier molecular flexibility index (Phi) is 5.51. The Bertz CT molecular complexity index is 692. The number of urea groups is 1. The lowest BCUT2D eigenvalue weighted by atomic mass is 10.2. The molecule has 0 aliphatic rings. The van der Waals surface area contributed by atoms with E-state index < -0.39 is 17.7 Å². The maximum Gasteiger partial charge on any atom is 0.321 e. The average molecular weight is 320 g/mol. The third-order valence-corrected chi connectivity index (χ3v) is 3.30. The number of halogens is 2. The first-order valence-corrected chi connectivity index (χ1v) is 7.13. The van der Waals surface area contributed by atoms with Gasteiger partial charge in [0.1, 0.15) is 24.0 Å². The molecule has 0 spiro atoms. The number of nitrogens with one attached hydrogen (secondary N) is 1. The molecule has 0 bridgehead atoms. The normalized spacial score (nSPS) is 10.3. The van der Waals surface area contributed by atoms with E-state index in [1.54, 1.807) is 7.05 Å². The Morgan fingerprint density at radius 2 is 1.96 bits per heavy atom. The average Bonchev–Trinajstić information content (AvgIpc) is 2.51. The predicted octanol–water partition coefficient (Wildman–Crippen LogP) is 3.82. The van der Waals surface area contributed by atoms with Crippen molar-refractivity contribution in [3.8, 4) is 5.75 Å². The van der Waals surface area contributed by atoms with Gasteiger partial charge < -0.3 is 15.0 Å². The van der Waals surface area contributed by atoms with Gasteiger partial charge in [0, 0.05) is 13.1 Å². The van der Waals surface area contributed by atoms with Crippen LogP contribution >= 0.6 is 0 Å². The molecule has 0 aliphatic carbocycles. The topological polar surface area (TPSA) is 41.6 Å². The van der Waals surface area contributed by atoms with Crippen LogP contribution in [0.5, 0.6) is 5.75 Å². The van der Waals surface area contributed by atoms with Crippen molar-refractivity contribution in [1.29, 1.82) is 0 Å². The molecule has 6 heteroatoms. The summed E-state index contributed by atoms with van der Waals surface area (Å²) < 4.78 is 31.9. The van der Waals surface area contributed by atoms with Crippen LogP contribution in [0.1, 0.15) is 5.56 Å². The van der Waals surface area contributed by atoms with Crippen molar-refractivity contribution in [2.24, 2.45) is 0 Å². The first-order valence-electron chi connectivity index (χ1n) is 7.13. The molecule has 4 nitrogen and oxygen atoms in total. The molecule has 0 saturated carbocycles. The van der Waals surface area contributed by atoms with E-state index in [4.69, 9.17) is 4.74 Å². The molecule has 0 radical (unpaired) electrons. The number of hydrogen-bond donors (Lipinski definition) is 1. The Morgan fingerprint density at radius 1 is 1.22 bits per heavy atom. The van der Waals surface area contributed by atoms with Crippen LogP contribution in [0.4, 0.5) is 19.3 Å². The zero-order valence-electron chi connectivity index (χ0n) is 13.0. The molecule has 0 unspecified atom stereocenters. The Labute approximate surface area is 133 Å². The first-order chi connectivity index (χ1) is 11.0. The number of benzene rings is 2. The van der Waals surface area contributed by atoms with Gasteiger partial charge >= 0.3 is 6.03 Å². The van der Waals surface area contributed by atoms with Crippen molar-refractivity contribution >= 4 is 11.7 Å². The highest BCUT2D eigenvalue weighted by Crippen LogP contribution is 2.17.